The lowest BCUT2D eigenvalue weighted by atomic mass is 10.2. The van der Waals surface area contributed by atoms with E-state index < -0.39 is 5.97 Å². The standard InChI is InChI=1S/C14H24N2O4/c17-13(3-1-2-4-14(18)19)16-6-5-12(11-16)15-7-9-20-10-8-15/h12H,1-11H2,(H,18,19). The van der Waals surface area contributed by atoms with E-state index in [0.29, 0.717) is 25.3 Å². The van der Waals surface area contributed by atoms with Crippen LogP contribution in [0.5, 0.6) is 0 Å². The molecule has 0 spiro atoms. The number of morpholine rings is 1. The Kier molecular flexibility index (Phi) is 5.79. The number of rotatable bonds is 6. The summed E-state index contributed by atoms with van der Waals surface area (Å²) in [7, 11) is 0. The second-order valence-corrected chi connectivity index (χ2v) is 5.53. The van der Waals surface area contributed by atoms with Gasteiger partial charge in [-0.05, 0) is 19.3 Å². The normalized spacial score (nSPS) is 24.0. The summed E-state index contributed by atoms with van der Waals surface area (Å²) in [4.78, 5) is 26.8. The Balaban J connectivity index is 1.66. The minimum Gasteiger partial charge on any atom is -0.481 e. The minimum absolute atomic E-state index is 0.156. The van der Waals surface area contributed by atoms with Crippen LogP contribution in [0.25, 0.3) is 0 Å². The van der Waals surface area contributed by atoms with Crippen LogP contribution in [-0.2, 0) is 14.3 Å². The van der Waals surface area contributed by atoms with Crippen molar-refractivity contribution >= 4 is 11.9 Å². The molecule has 2 rings (SSSR count). The number of nitrogens with zero attached hydrogens (tertiary/aromatic N) is 2. The van der Waals surface area contributed by atoms with E-state index >= 15 is 0 Å². The topological polar surface area (TPSA) is 70.1 Å². The van der Waals surface area contributed by atoms with Crippen LogP contribution in [0, 0.1) is 0 Å². The number of amides is 1. The van der Waals surface area contributed by atoms with Gasteiger partial charge in [-0.1, -0.05) is 0 Å². The Hall–Kier alpha value is -1.14. The molecule has 0 aromatic rings. The fourth-order valence-corrected chi connectivity index (χ4v) is 2.92. The van der Waals surface area contributed by atoms with Crippen LogP contribution < -0.4 is 0 Å². The summed E-state index contributed by atoms with van der Waals surface area (Å²) in [5.41, 5.74) is 0. The molecule has 1 atom stereocenters. The van der Waals surface area contributed by atoms with Gasteiger partial charge in [0.1, 0.15) is 0 Å². The van der Waals surface area contributed by atoms with Crippen molar-refractivity contribution in [3.05, 3.63) is 0 Å². The van der Waals surface area contributed by atoms with E-state index in [1.807, 2.05) is 4.90 Å². The Bertz CT molecular complexity index is 342. The lowest BCUT2D eigenvalue weighted by molar-refractivity contribution is -0.137. The number of carboxylic acids is 1. The molecule has 2 fully saturated rings. The maximum Gasteiger partial charge on any atom is 0.303 e. The van der Waals surface area contributed by atoms with Crippen molar-refractivity contribution in [2.75, 3.05) is 39.4 Å². The molecule has 0 radical (unpaired) electrons. The first-order chi connectivity index (χ1) is 9.66. The van der Waals surface area contributed by atoms with Gasteiger partial charge in [0.2, 0.25) is 5.91 Å². The van der Waals surface area contributed by atoms with Gasteiger partial charge in [0, 0.05) is 45.1 Å². The second kappa shape index (κ2) is 7.59. The highest BCUT2D eigenvalue weighted by molar-refractivity contribution is 5.76. The summed E-state index contributed by atoms with van der Waals surface area (Å²) in [6.45, 7) is 5.16. The monoisotopic (exact) mass is 284 g/mol. The fourth-order valence-electron chi connectivity index (χ4n) is 2.92. The Morgan fingerprint density at radius 3 is 2.50 bits per heavy atom. The summed E-state index contributed by atoms with van der Waals surface area (Å²) in [6, 6.07) is 0.474. The summed E-state index contributed by atoms with van der Waals surface area (Å²) in [6.07, 6.45) is 2.93. The Morgan fingerprint density at radius 1 is 1.10 bits per heavy atom. The third-order valence-electron chi connectivity index (χ3n) is 4.11. The molecule has 2 saturated heterocycles. The molecule has 0 aromatic carbocycles. The number of hydrogen-bond acceptors (Lipinski definition) is 4. The molecule has 1 unspecified atom stereocenters. The third-order valence-corrected chi connectivity index (χ3v) is 4.11. The molecule has 0 bridgehead atoms. The van der Waals surface area contributed by atoms with E-state index in [4.69, 9.17) is 9.84 Å². The van der Waals surface area contributed by atoms with Crippen LogP contribution >= 0.6 is 0 Å². The molecule has 114 valence electrons. The molecule has 0 aromatic heterocycles. The molecule has 0 saturated carbocycles. The first-order valence-corrected chi connectivity index (χ1v) is 7.48. The van der Waals surface area contributed by atoms with E-state index in [9.17, 15) is 9.59 Å². The van der Waals surface area contributed by atoms with Crippen LogP contribution in [0.4, 0.5) is 0 Å². The molecule has 2 aliphatic rings. The van der Waals surface area contributed by atoms with Gasteiger partial charge in [-0.2, -0.15) is 0 Å². The highest BCUT2D eigenvalue weighted by Crippen LogP contribution is 2.18. The number of ether oxygens (including phenoxy) is 1. The number of unbranched alkanes of at least 4 members (excludes halogenated alkanes) is 1. The fraction of sp³-hybridized carbons (Fsp3) is 0.857. The zero-order chi connectivity index (χ0) is 14.4. The maximum atomic E-state index is 12.1. The average molecular weight is 284 g/mol. The first kappa shape index (κ1) is 15.3. The van der Waals surface area contributed by atoms with Crippen molar-refractivity contribution in [3.63, 3.8) is 0 Å². The van der Waals surface area contributed by atoms with Crippen LogP contribution in [0.2, 0.25) is 0 Å². The van der Waals surface area contributed by atoms with Gasteiger partial charge in [-0.25, -0.2) is 0 Å². The van der Waals surface area contributed by atoms with Gasteiger partial charge in [0.15, 0.2) is 0 Å². The van der Waals surface area contributed by atoms with Gasteiger partial charge in [0.05, 0.1) is 13.2 Å². The van der Waals surface area contributed by atoms with Crippen LogP contribution in [0.3, 0.4) is 0 Å². The molecule has 6 nitrogen and oxygen atoms in total. The van der Waals surface area contributed by atoms with Crippen molar-refractivity contribution < 1.29 is 19.4 Å². The number of carbonyl (C=O) groups is 2. The van der Waals surface area contributed by atoms with Gasteiger partial charge in [-0.15, -0.1) is 0 Å². The van der Waals surface area contributed by atoms with Crippen LogP contribution in [-0.4, -0.2) is 72.2 Å². The van der Waals surface area contributed by atoms with E-state index in [-0.39, 0.29) is 12.3 Å². The largest absolute Gasteiger partial charge is 0.481 e. The van der Waals surface area contributed by atoms with Crippen molar-refractivity contribution in [3.8, 4) is 0 Å². The number of carboxylic acid groups (broad SMARTS) is 1. The lowest BCUT2D eigenvalue weighted by Crippen LogP contribution is -2.45. The van der Waals surface area contributed by atoms with Gasteiger partial charge >= 0.3 is 5.97 Å². The highest BCUT2D eigenvalue weighted by atomic mass is 16.5. The third kappa shape index (κ3) is 4.45. The zero-order valence-electron chi connectivity index (χ0n) is 11.9. The molecule has 2 aliphatic heterocycles. The SMILES string of the molecule is O=C(O)CCCCC(=O)N1CCC(N2CCOCC2)C1. The van der Waals surface area contributed by atoms with E-state index in [1.54, 1.807) is 0 Å². The van der Waals surface area contributed by atoms with Gasteiger partial charge in [-0.3, -0.25) is 14.5 Å². The molecular formula is C14H24N2O4. The summed E-state index contributed by atoms with van der Waals surface area (Å²) in [5.74, 6) is -0.614. The average Bonchev–Trinajstić information content (AvgIpc) is 2.94. The molecule has 1 N–H and O–H groups in total. The smallest absolute Gasteiger partial charge is 0.303 e. The minimum atomic E-state index is -0.786. The van der Waals surface area contributed by atoms with Gasteiger partial charge < -0.3 is 14.7 Å². The van der Waals surface area contributed by atoms with Gasteiger partial charge in [0.25, 0.3) is 0 Å². The summed E-state index contributed by atoms with van der Waals surface area (Å²) in [5, 5.41) is 8.56. The lowest BCUT2D eigenvalue weighted by Gasteiger charge is -2.32. The van der Waals surface area contributed by atoms with E-state index in [2.05, 4.69) is 4.90 Å². The molecular weight excluding hydrogens is 260 g/mol. The van der Waals surface area contributed by atoms with Crippen molar-refractivity contribution in [2.45, 2.75) is 38.1 Å². The summed E-state index contributed by atoms with van der Waals surface area (Å²) >= 11 is 0. The number of carbonyl (C=O) groups excluding carboxylic acids is 1. The predicted molar refractivity (Wildman–Crippen MR) is 73.5 cm³/mol. The second-order valence-electron chi connectivity index (χ2n) is 5.53. The zero-order valence-corrected chi connectivity index (χ0v) is 11.9. The first-order valence-electron chi connectivity index (χ1n) is 7.48. The summed E-state index contributed by atoms with van der Waals surface area (Å²) < 4.78 is 5.35. The molecule has 20 heavy (non-hydrogen) atoms. The number of aliphatic carboxylic acids is 1. The predicted octanol–water partition coefficient (Wildman–Crippen LogP) is 0.565. The van der Waals surface area contributed by atoms with Crippen LogP contribution in [0.1, 0.15) is 32.1 Å². The number of hydrogen-bond donors (Lipinski definition) is 1. The van der Waals surface area contributed by atoms with Crippen molar-refractivity contribution in [1.29, 1.82) is 0 Å². The highest BCUT2D eigenvalue weighted by Gasteiger charge is 2.30. The van der Waals surface area contributed by atoms with E-state index in [1.165, 1.54) is 0 Å². The Morgan fingerprint density at radius 2 is 1.80 bits per heavy atom. The van der Waals surface area contributed by atoms with Crippen molar-refractivity contribution in [2.24, 2.45) is 0 Å². The quantitative estimate of drug-likeness (QED) is 0.722. The Labute approximate surface area is 119 Å². The van der Waals surface area contributed by atoms with Crippen LogP contribution in [0.15, 0.2) is 0 Å². The molecule has 6 heteroatoms. The van der Waals surface area contributed by atoms with E-state index in [0.717, 1.165) is 45.8 Å². The molecule has 2 heterocycles. The maximum absolute atomic E-state index is 12.1. The molecule has 0 aliphatic carbocycles. The number of likely N-dealkylation sites (tertiary alicyclic amines) is 1. The van der Waals surface area contributed by atoms with Crippen molar-refractivity contribution in [1.82, 2.24) is 9.80 Å². The molecule has 1 amide bonds.